The highest BCUT2D eigenvalue weighted by molar-refractivity contribution is 6.24. The first-order chi connectivity index (χ1) is 19.7. The maximum absolute atomic E-state index is 15.0. The summed E-state index contributed by atoms with van der Waals surface area (Å²) in [4.78, 5) is 51.3. The van der Waals surface area contributed by atoms with Crippen LogP contribution < -0.4 is 15.2 Å². The molecular weight excluding hydrogens is 514 g/mol. The predicted molar refractivity (Wildman–Crippen MR) is 157 cm³/mol. The Morgan fingerprint density at radius 2 is 1.56 bits per heavy atom. The molecule has 202 valence electrons. The van der Waals surface area contributed by atoms with Crippen LogP contribution in [0.4, 0.5) is 11.5 Å². The van der Waals surface area contributed by atoms with Crippen LogP contribution in [0.1, 0.15) is 49.5 Å². The van der Waals surface area contributed by atoms with Gasteiger partial charge < -0.3 is 9.32 Å². The van der Waals surface area contributed by atoms with Gasteiger partial charge in [-0.1, -0.05) is 48.0 Å². The Bertz CT molecular complexity index is 1990. The van der Waals surface area contributed by atoms with E-state index in [2.05, 4.69) is 4.98 Å². The summed E-state index contributed by atoms with van der Waals surface area (Å²) in [5.41, 5.74) is 4.11. The number of aromatic nitrogens is 1. The lowest BCUT2D eigenvalue weighted by Crippen LogP contribution is -2.54. The van der Waals surface area contributed by atoms with Gasteiger partial charge in [0.2, 0.25) is 5.76 Å². The molecule has 1 atom stereocenters. The number of fused-ring (bicyclic) bond motifs is 5. The first-order valence-corrected chi connectivity index (χ1v) is 13.5. The number of benzene rings is 3. The van der Waals surface area contributed by atoms with Gasteiger partial charge in [-0.3, -0.25) is 19.3 Å². The molecule has 0 saturated heterocycles. The zero-order valence-corrected chi connectivity index (χ0v) is 23.2. The molecule has 41 heavy (non-hydrogen) atoms. The minimum atomic E-state index is -1.78. The van der Waals surface area contributed by atoms with Crippen LogP contribution in [0.15, 0.2) is 88.2 Å². The van der Waals surface area contributed by atoms with Gasteiger partial charge in [0.15, 0.2) is 11.0 Å². The third-order valence-corrected chi connectivity index (χ3v) is 8.33. The number of amides is 2. The SMILES string of the molecule is Cc1ccc(CN2C(=O)C3(c4ccccc42)c2c(oc4cc(C)c(C)cc4c2=O)C(=O)N3c2cc(C)ccn2)cc1. The van der Waals surface area contributed by atoms with Crippen molar-refractivity contribution in [3.8, 4) is 0 Å². The molecule has 7 nitrogen and oxygen atoms in total. The first-order valence-electron chi connectivity index (χ1n) is 13.5. The Morgan fingerprint density at radius 3 is 2.32 bits per heavy atom. The van der Waals surface area contributed by atoms with Gasteiger partial charge >= 0.3 is 0 Å². The molecule has 2 amide bonds. The molecule has 1 unspecified atom stereocenters. The molecule has 7 rings (SSSR count). The van der Waals surface area contributed by atoms with Crippen molar-refractivity contribution in [2.45, 2.75) is 39.8 Å². The number of nitrogens with zero attached hydrogens (tertiary/aromatic N) is 3. The van der Waals surface area contributed by atoms with Gasteiger partial charge in [-0.2, -0.15) is 0 Å². The molecule has 0 saturated carbocycles. The maximum Gasteiger partial charge on any atom is 0.297 e. The van der Waals surface area contributed by atoms with Crippen molar-refractivity contribution < 1.29 is 14.0 Å². The normalized spacial score (nSPS) is 17.6. The van der Waals surface area contributed by atoms with Crippen LogP contribution in [0.3, 0.4) is 0 Å². The molecule has 0 radical (unpaired) electrons. The number of carbonyl (C=O) groups is 2. The van der Waals surface area contributed by atoms with Crippen molar-refractivity contribution in [1.29, 1.82) is 0 Å². The summed E-state index contributed by atoms with van der Waals surface area (Å²) in [5.74, 6) is -0.826. The zero-order chi connectivity index (χ0) is 28.6. The molecule has 0 N–H and O–H groups in total. The summed E-state index contributed by atoms with van der Waals surface area (Å²) in [6, 6.07) is 22.4. The second-order valence-corrected chi connectivity index (χ2v) is 11.0. The van der Waals surface area contributed by atoms with Crippen LogP contribution in [0.5, 0.6) is 0 Å². The van der Waals surface area contributed by atoms with E-state index in [4.69, 9.17) is 4.42 Å². The van der Waals surface area contributed by atoms with Crippen molar-refractivity contribution in [3.63, 3.8) is 0 Å². The highest BCUT2D eigenvalue weighted by atomic mass is 16.3. The minimum absolute atomic E-state index is 0.0328. The Labute approximate surface area is 236 Å². The van der Waals surface area contributed by atoms with Crippen molar-refractivity contribution in [2.75, 3.05) is 9.80 Å². The van der Waals surface area contributed by atoms with E-state index in [-0.39, 0.29) is 23.7 Å². The molecule has 2 aliphatic heterocycles. The van der Waals surface area contributed by atoms with Gasteiger partial charge in [-0.25, -0.2) is 4.98 Å². The van der Waals surface area contributed by atoms with Crippen LogP contribution in [-0.2, 0) is 16.9 Å². The standard InChI is InChI=1S/C34H27N3O4/c1-19-9-11-23(12-10-19)18-36-26-8-6-5-7-25(26)34(33(36)40)29-30(38)24-16-21(3)22(4)17-27(24)41-31(29)32(39)37(34)28-15-20(2)13-14-35-28/h5-17H,18H2,1-4H3. The summed E-state index contributed by atoms with van der Waals surface area (Å²) in [6.07, 6.45) is 1.60. The van der Waals surface area contributed by atoms with Gasteiger partial charge in [0.25, 0.3) is 11.8 Å². The predicted octanol–water partition coefficient (Wildman–Crippen LogP) is 5.87. The quantitative estimate of drug-likeness (QED) is 0.285. The molecule has 3 aromatic carbocycles. The fourth-order valence-electron chi connectivity index (χ4n) is 6.14. The number of carbonyl (C=O) groups excluding carboxylic acids is 2. The first kappa shape index (κ1) is 25.0. The number of hydrogen-bond acceptors (Lipinski definition) is 5. The molecule has 0 fully saturated rings. The molecule has 2 aliphatic rings. The monoisotopic (exact) mass is 541 g/mol. The van der Waals surface area contributed by atoms with Gasteiger partial charge in [-0.05, 0) is 80.3 Å². The highest BCUT2D eigenvalue weighted by Gasteiger charge is 2.66. The summed E-state index contributed by atoms with van der Waals surface area (Å²) in [7, 11) is 0. The van der Waals surface area contributed by atoms with E-state index in [0.717, 1.165) is 27.8 Å². The molecule has 0 bridgehead atoms. The van der Waals surface area contributed by atoms with Crippen LogP contribution in [-0.4, -0.2) is 16.8 Å². The van der Waals surface area contributed by atoms with E-state index in [1.807, 2.05) is 82.3 Å². The third kappa shape index (κ3) is 3.38. The average Bonchev–Trinajstić information content (AvgIpc) is 3.35. The molecule has 7 heteroatoms. The smallest absolute Gasteiger partial charge is 0.297 e. The molecule has 4 heterocycles. The minimum Gasteiger partial charge on any atom is -0.450 e. The van der Waals surface area contributed by atoms with Crippen LogP contribution >= 0.6 is 0 Å². The van der Waals surface area contributed by atoms with Gasteiger partial charge in [0, 0.05) is 11.8 Å². The van der Waals surface area contributed by atoms with E-state index >= 15 is 0 Å². The lowest BCUT2D eigenvalue weighted by molar-refractivity contribution is -0.121. The lowest BCUT2D eigenvalue weighted by Gasteiger charge is -2.33. The summed E-state index contributed by atoms with van der Waals surface area (Å²) in [5, 5.41) is 0.334. The molecule has 1 spiro atoms. The summed E-state index contributed by atoms with van der Waals surface area (Å²) >= 11 is 0. The second kappa shape index (κ2) is 8.73. The van der Waals surface area contributed by atoms with E-state index in [1.54, 1.807) is 29.3 Å². The summed E-state index contributed by atoms with van der Waals surface area (Å²) < 4.78 is 6.24. The second-order valence-electron chi connectivity index (χ2n) is 11.0. The van der Waals surface area contributed by atoms with Crippen LogP contribution in [0, 0.1) is 27.7 Å². The fourth-order valence-corrected chi connectivity index (χ4v) is 6.14. The maximum atomic E-state index is 15.0. The Balaban J connectivity index is 1.57. The number of rotatable bonds is 3. The molecule has 0 aliphatic carbocycles. The highest BCUT2D eigenvalue weighted by Crippen LogP contribution is 2.54. The van der Waals surface area contributed by atoms with Crippen molar-refractivity contribution in [2.24, 2.45) is 0 Å². The van der Waals surface area contributed by atoms with Crippen LogP contribution in [0.2, 0.25) is 0 Å². The number of aryl methyl sites for hydroxylation is 4. The Hall–Kier alpha value is -5.04. The Morgan fingerprint density at radius 1 is 0.829 bits per heavy atom. The van der Waals surface area contributed by atoms with Crippen molar-refractivity contribution in [3.05, 3.63) is 134 Å². The van der Waals surface area contributed by atoms with E-state index in [0.29, 0.717) is 22.2 Å². The summed E-state index contributed by atoms with van der Waals surface area (Å²) in [6.45, 7) is 8.02. The average molecular weight is 542 g/mol. The number of anilines is 2. The zero-order valence-electron chi connectivity index (χ0n) is 23.2. The molecule has 5 aromatic rings. The largest absolute Gasteiger partial charge is 0.450 e. The van der Waals surface area contributed by atoms with E-state index < -0.39 is 22.8 Å². The van der Waals surface area contributed by atoms with Crippen molar-refractivity contribution in [1.82, 2.24) is 4.98 Å². The number of para-hydroxylation sites is 1. The fraction of sp³-hybridized carbons (Fsp3) is 0.176. The van der Waals surface area contributed by atoms with E-state index in [9.17, 15) is 14.4 Å². The van der Waals surface area contributed by atoms with Crippen LogP contribution in [0.25, 0.3) is 11.0 Å². The Kier molecular flexibility index (Phi) is 5.32. The van der Waals surface area contributed by atoms with Crippen molar-refractivity contribution >= 4 is 34.3 Å². The van der Waals surface area contributed by atoms with E-state index in [1.165, 1.54) is 4.90 Å². The topological polar surface area (TPSA) is 83.7 Å². The van der Waals surface area contributed by atoms with Gasteiger partial charge in [0.05, 0.1) is 23.2 Å². The van der Waals surface area contributed by atoms with Gasteiger partial charge in [-0.15, -0.1) is 0 Å². The lowest BCUT2D eigenvalue weighted by atomic mass is 9.83. The number of pyridine rings is 1. The third-order valence-electron chi connectivity index (χ3n) is 8.33. The number of hydrogen-bond donors (Lipinski definition) is 0. The molecular formula is C34H27N3O4. The van der Waals surface area contributed by atoms with Gasteiger partial charge in [0.1, 0.15) is 11.4 Å². The molecule has 2 aromatic heterocycles.